The Labute approximate surface area is 167 Å². The Kier molecular flexibility index (Phi) is 3.95. The molecule has 9 heteroatoms. The maximum Gasteiger partial charge on any atom is 0.269 e. The predicted octanol–water partition coefficient (Wildman–Crippen LogP) is 4.99. The molecule has 0 bridgehead atoms. The number of fused-ring (bicyclic) bond motifs is 2. The summed E-state index contributed by atoms with van der Waals surface area (Å²) in [5, 5.41) is 25.6. The van der Waals surface area contributed by atoms with E-state index in [1.165, 1.54) is 23.5 Å². The molecule has 0 aliphatic carbocycles. The third-order valence-electron chi connectivity index (χ3n) is 4.58. The second-order valence-electron chi connectivity index (χ2n) is 6.39. The van der Waals surface area contributed by atoms with Gasteiger partial charge in [0, 0.05) is 23.1 Å². The van der Waals surface area contributed by atoms with Crippen LogP contribution in [0.25, 0.3) is 39.7 Å². The van der Waals surface area contributed by atoms with Crippen LogP contribution in [0.2, 0.25) is 0 Å². The molecule has 29 heavy (non-hydrogen) atoms. The molecule has 0 radical (unpaired) electrons. The minimum Gasteiger partial charge on any atom is -0.452 e. The minimum absolute atomic E-state index is 0.0618. The van der Waals surface area contributed by atoms with Crippen LogP contribution >= 0.6 is 11.3 Å². The smallest absolute Gasteiger partial charge is 0.269 e. The second kappa shape index (κ2) is 6.64. The first kappa shape index (κ1) is 17.3. The van der Waals surface area contributed by atoms with Gasteiger partial charge in [0.1, 0.15) is 10.6 Å². The van der Waals surface area contributed by atoms with Gasteiger partial charge in [-0.1, -0.05) is 35.6 Å². The van der Waals surface area contributed by atoms with Gasteiger partial charge in [-0.3, -0.25) is 10.1 Å². The summed E-state index contributed by atoms with van der Waals surface area (Å²) in [4.78, 5) is 11.0. The number of aryl methyl sites for hydroxylation is 1. The molecule has 0 aliphatic heterocycles. The van der Waals surface area contributed by atoms with Crippen LogP contribution in [-0.2, 0) is 0 Å². The van der Waals surface area contributed by atoms with Crippen LogP contribution in [-0.4, -0.2) is 24.7 Å². The summed E-state index contributed by atoms with van der Waals surface area (Å²) in [6, 6.07) is 14.2. The SMILES string of the molecule is Cc1c(-c2nnc3sc(/C=C/c4ccc([N+](=O)[O-])cc4)nn23)oc2ccccc12. The highest BCUT2D eigenvalue weighted by Crippen LogP contribution is 2.32. The number of nitro groups is 1. The fourth-order valence-corrected chi connectivity index (χ4v) is 3.84. The summed E-state index contributed by atoms with van der Waals surface area (Å²) in [6.45, 7) is 1.99. The third kappa shape index (κ3) is 2.97. The number of rotatable bonds is 4. The Morgan fingerprint density at radius 3 is 2.66 bits per heavy atom. The van der Waals surface area contributed by atoms with Gasteiger partial charge in [0.05, 0.1) is 4.92 Å². The Bertz CT molecular complexity index is 1400. The standard InChI is InChI=1S/C20H13N5O3S/c1-12-15-4-2-3-5-16(15)28-18(12)19-21-22-20-24(19)23-17(29-20)11-8-13-6-9-14(10-7-13)25(26)27/h2-11H,1H3/b11-8+. The lowest BCUT2D eigenvalue weighted by molar-refractivity contribution is -0.384. The molecule has 3 aromatic heterocycles. The highest BCUT2D eigenvalue weighted by Gasteiger charge is 2.19. The Balaban J connectivity index is 1.49. The lowest BCUT2D eigenvalue weighted by atomic mass is 10.1. The van der Waals surface area contributed by atoms with Crippen molar-refractivity contribution < 1.29 is 9.34 Å². The highest BCUT2D eigenvalue weighted by molar-refractivity contribution is 7.17. The van der Waals surface area contributed by atoms with Crippen molar-refractivity contribution in [1.29, 1.82) is 0 Å². The number of para-hydroxylation sites is 1. The number of nitrogens with zero attached hydrogens (tertiary/aromatic N) is 5. The summed E-state index contributed by atoms with van der Waals surface area (Å²) >= 11 is 1.39. The van der Waals surface area contributed by atoms with E-state index >= 15 is 0 Å². The maximum atomic E-state index is 10.7. The molecular weight excluding hydrogens is 390 g/mol. The van der Waals surface area contributed by atoms with Crippen molar-refractivity contribution in [3.05, 3.63) is 74.8 Å². The lowest BCUT2D eigenvalue weighted by Gasteiger charge is -1.94. The van der Waals surface area contributed by atoms with Crippen molar-refractivity contribution in [3.8, 4) is 11.6 Å². The minimum atomic E-state index is -0.419. The predicted molar refractivity (Wildman–Crippen MR) is 111 cm³/mol. The Hall–Kier alpha value is -3.85. The summed E-state index contributed by atoms with van der Waals surface area (Å²) in [5.74, 6) is 1.20. The van der Waals surface area contributed by atoms with E-state index in [4.69, 9.17) is 4.42 Å². The van der Waals surface area contributed by atoms with Crippen molar-refractivity contribution in [1.82, 2.24) is 19.8 Å². The molecule has 5 aromatic rings. The molecular formula is C20H13N5O3S. The molecule has 8 nitrogen and oxygen atoms in total. The van der Waals surface area contributed by atoms with Crippen molar-refractivity contribution in [2.24, 2.45) is 0 Å². The van der Waals surface area contributed by atoms with E-state index in [0.29, 0.717) is 16.5 Å². The van der Waals surface area contributed by atoms with Gasteiger partial charge in [-0.25, -0.2) is 0 Å². The number of non-ortho nitro benzene ring substituents is 1. The molecule has 142 valence electrons. The van der Waals surface area contributed by atoms with Crippen LogP contribution in [0.1, 0.15) is 16.1 Å². The molecule has 2 aromatic carbocycles. The third-order valence-corrected chi connectivity index (χ3v) is 5.44. The van der Waals surface area contributed by atoms with Crippen LogP contribution in [0.3, 0.4) is 0 Å². The van der Waals surface area contributed by atoms with Gasteiger partial charge in [0.25, 0.3) is 5.69 Å². The number of benzene rings is 2. The summed E-state index contributed by atoms with van der Waals surface area (Å²) in [5.41, 5.74) is 2.69. The van der Waals surface area contributed by atoms with Crippen molar-refractivity contribution in [2.75, 3.05) is 0 Å². The molecule has 0 N–H and O–H groups in total. The number of aromatic nitrogens is 4. The Morgan fingerprint density at radius 2 is 1.90 bits per heavy atom. The quantitative estimate of drug-likeness (QED) is 0.310. The molecule has 0 aliphatic rings. The number of hydrogen-bond acceptors (Lipinski definition) is 7. The largest absolute Gasteiger partial charge is 0.452 e. The number of nitro benzene ring substituents is 1. The topological polar surface area (TPSA) is 99.4 Å². The van der Waals surface area contributed by atoms with E-state index in [1.54, 1.807) is 16.6 Å². The summed E-state index contributed by atoms with van der Waals surface area (Å²) in [7, 11) is 0. The van der Waals surface area contributed by atoms with Crippen LogP contribution in [0.4, 0.5) is 5.69 Å². The van der Waals surface area contributed by atoms with Crippen LogP contribution in [0.15, 0.2) is 52.9 Å². The van der Waals surface area contributed by atoms with Gasteiger partial charge >= 0.3 is 0 Å². The second-order valence-corrected chi connectivity index (χ2v) is 7.38. The highest BCUT2D eigenvalue weighted by atomic mass is 32.1. The average Bonchev–Trinajstić information content (AvgIpc) is 3.40. The maximum absolute atomic E-state index is 10.7. The molecule has 0 saturated heterocycles. The zero-order valence-corrected chi connectivity index (χ0v) is 16.0. The molecule has 0 spiro atoms. The lowest BCUT2D eigenvalue weighted by Crippen LogP contribution is -1.90. The first-order valence-electron chi connectivity index (χ1n) is 8.73. The molecule has 0 atom stereocenters. The fourth-order valence-electron chi connectivity index (χ4n) is 3.10. The molecule has 0 amide bonds. The van der Waals surface area contributed by atoms with E-state index in [0.717, 1.165) is 27.1 Å². The van der Waals surface area contributed by atoms with Crippen molar-refractivity contribution in [3.63, 3.8) is 0 Å². The van der Waals surface area contributed by atoms with E-state index in [1.807, 2.05) is 43.3 Å². The Morgan fingerprint density at radius 1 is 1.10 bits per heavy atom. The van der Waals surface area contributed by atoms with E-state index in [9.17, 15) is 10.1 Å². The van der Waals surface area contributed by atoms with Crippen LogP contribution in [0.5, 0.6) is 0 Å². The van der Waals surface area contributed by atoms with E-state index in [2.05, 4.69) is 15.3 Å². The summed E-state index contributed by atoms with van der Waals surface area (Å²) in [6.07, 6.45) is 3.69. The fraction of sp³-hybridized carbons (Fsp3) is 0.0500. The first-order chi connectivity index (χ1) is 14.1. The zero-order valence-electron chi connectivity index (χ0n) is 15.1. The van der Waals surface area contributed by atoms with Gasteiger partial charge in [0.2, 0.25) is 10.8 Å². The van der Waals surface area contributed by atoms with E-state index < -0.39 is 4.92 Å². The number of furan rings is 1. The molecule has 0 fully saturated rings. The first-order valence-corrected chi connectivity index (χ1v) is 9.55. The van der Waals surface area contributed by atoms with Gasteiger partial charge in [0.15, 0.2) is 5.76 Å². The van der Waals surface area contributed by atoms with Gasteiger partial charge in [-0.05, 0) is 36.8 Å². The monoisotopic (exact) mass is 403 g/mol. The van der Waals surface area contributed by atoms with E-state index in [-0.39, 0.29) is 5.69 Å². The summed E-state index contributed by atoms with van der Waals surface area (Å²) < 4.78 is 7.66. The zero-order chi connectivity index (χ0) is 20.0. The molecule has 3 heterocycles. The van der Waals surface area contributed by atoms with Crippen LogP contribution < -0.4 is 0 Å². The molecule has 5 rings (SSSR count). The van der Waals surface area contributed by atoms with Gasteiger partial charge in [-0.2, -0.15) is 9.61 Å². The van der Waals surface area contributed by atoms with Crippen molar-refractivity contribution >= 4 is 45.1 Å². The molecule has 0 saturated carbocycles. The average molecular weight is 403 g/mol. The number of hydrogen-bond donors (Lipinski definition) is 0. The van der Waals surface area contributed by atoms with Gasteiger partial charge < -0.3 is 4.42 Å². The van der Waals surface area contributed by atoms with Gasteiger partial charge in [-0.15, -0.1) is 10.2 Å². The van der Waals surface area contributed by atoms with Crippen molar-refractivity contribution in [2.45, 2.75) is 6.92 Å². The van der Waals surface area contributed by atoms with Crippen LogP contribution in [0, 0.1) is 17.0 Å². The molecule has 0 unspecified atom stereocenters. The normalized spacial score (nSPS) is 11.8.